The predicted octanol–water partition coefficient (Wildman–Crippen LogP) is 10.8. The van der Waals surface area contributed by atoms with Crippen molar-refractivity contribution in [3.8, 4) is 0 Å². The van der Waals surface area contributed by atoms with Crippen LogP contribution in [0.5, 0.6) is 0 Å². The van der Waals surface area contributed by atoms with Gasteiger partial charge in [-0.05, 0) is 169 Å². The summed E-state index contributed by atoms with van der Waals surface area (Å²) in [7, 11) is 0. The van der Waals surface area contributed by atoms with E-state index >= 15 is 0 Å². The summed E-state index contributed by atoms with van der Waals surface area (Å²) in [6.07, 6.45) is 33.2. The van der Waals surface area contributed by atoms with Crippen molar-refractivity contribution < 1.29 is 4.74 Å². The third kappa shape index (κ3) is 4.16. The molecule has 0 aromatic rings. The van der Waals surface area contributed by atoms with Crippen LogP contribution in [-0.2, 0) is 4.74 Å². The van der Waals surface area contributed by atoms with Crippen LogP contribution < -0.4 is 0 Å². The number of ether oxygens (including phenoxy) is 1. The zero-order valence-corrected chi connectivity index (χ0v) is 26.9. The fourth-order valence-electron chi connectivity index (χ4n) is 13.3. The van der Waals surface area contributed by atoms with Gasteiger partial charge in [0.25, 0.3) is 0 Å². The minimum atomic E-state index is 0.410. The highest BCUT2D eigenvalue weighted by Crippen LogP contribution is 2.66. The van der Waals surface area contributed by atoms with E-state index in [9.17, 15) is 0 Å². The van der Waals surface area contributed by atoms with Crippen LogP contribution in [0, 0.1) is 57.2 Å². The smallest absolute Gasteiger partial charge is 0.0684 e. The molecule has 0 saturated heterocycles. The summed E-state index contributed by atoms with van der Waals surface area (Å²) >= 11 is 0. The van der Waals surface area contributed by atoms with Crippen molar-refractivity contribution in [2.75, 3.05) is 13.2 Å². The molecule has 0 aromatic heterocycles. The Kier molecular flexibility index (Phi) is 6.50. The second kappa shape index (κ2) is 9.71. The van der Waals surface area contributed by atoms with Crippen molar-refractivity contribution in [3.05, 3.63) is 46.6 Å². The van der Waals surface area contributed by atoms with Crippen LogP contribution in [0.2, 0.25) is 0 Å². The lowest BCUT2D eigenvalue weighted by atomic mass is 9.48. The highest BCUT2D eigenvalue weighted by atomic mass is 16.5. The fraction of sp³-hybridized carbons (Fsp3) is 0.800. The van der Waals surface area contributed by atoms with Gasteiger partial charge >= 0.3 is 0 Å². The summed E-state index contributed by atoms with van der Waals surface area (Å²) in [6, 6.07) is 0. The second-order valence-corrected chi connectivity index (χ2v) is 17.6. The van der Waals surface area contributed by atoms with E-state index in [0.29, 0.717) is 21.7 Å². The monoisotopic (exact) mass is 554 g/mol. The minimum Gasteiger partial charge on any atom is -0.373 e. The first-order valence-corrected chi connectivity index (χ1v) is 18.1. The largest absolute Gasteiger partial charge is 0.373 e. The molecule has 0 aliphatic heterocycles. The van der Waals surface area contributed by atoms with Gasteiger partial charge in [-0.3, -0.25) is 0 Å². The molecule has 4 saturated carbocycles. The third-order valence-electron chi connectivity index (χ3n) is 15.8. The Bertz CT molecular complexity index is 1110. The van der Waals surface area contributed by atoms with Crippen LogP contribution in [0.4, 0.5) is 0 Å². The first kappa shape index (κ1) is 27.5. The maximum absolute atomic E-state index is 6.50. The maximum atomic E-state index is 6.50. The van der Waals surface area contributed by atoms with Crippen molar-refractivity contribution in [3.63, 3.8) is 0 Å². The molecule has 8 aliphatic rings. The molecule has 0 unspecified atom stereocenters. The topological polar surface area (TPSA) is 9.23 Å². The van der Waals surface area contributed by atoms with E-state index in [0.717, 1.165) is 48.7 Å². The molecule has 10 atom stereocenters. The van der Waals surface area contributed by atoms with Crippen LogP contribution in [-0.4, -0.2) is 13.2 Å². The molecule has 0 heterocycles. The predicted molar refractivity (Wildman–Crippen MR) is 170 cm³/mol. The van der Waals surface area contributed by atoms with E-state index < -0.39 is 0 Å². The first-order valence-electron chi connectivity index (χ1n) is 18.1. The Labute approximate surface area is 251 Å². The lowest BCUT2D eigenvalue weighted by Gasteiger charge is -2.56. The summed E-state index contributed by atoms with van der Waals surface area (Å²) in [5.74, 6) is 5.69. The van der Waals surface area contributed by atoms with Crippen molar-refractivity contribution in [2.24, 2.45) is 57.2 Å². The van der Waals surface area contributed by atoms with E-state index in [2.05, 4.69) is 52.0 Å². The number of fused-ring (bicyclic) bond motifs is 10. The number of hydrogen-bond acceptors (Lipinski definition) is 1. The van der Waals surface area contributed by atoms with Crippen LogP contribution in [0.3, 0.4) is 0 Å². The molecule has 1 nitrogen and oxygen atoms in total. The van der Waals surface area contributed by atoms with Gasteiger partial charge in [0.1, 0.15) is 0 Å². The van der Waals surface area contributed by atoms with Gasteiger partial charge in [0.05, 0.1) is 13.2 Å². The van der Waals surface area contributed by atoms with E-state index in [1.165, 1.54) is 103 Å². The van der Waals surface area contributed by atoms with Crippen molar-refractivity contribution in [1.82, 2.24) is 0 Å². The molecule has 0 amide bonds. The Morgan fingerprint density at radius 3 is 1.51 bits per heavy atom. The van der Waals surface area contributed by atoms with Gasteiger partial charge in [0.2, 0.25) is 0 Å². The van der Waals surface area contributed by atoms with Gasteiger partial charge in [-0.15, -0.1) is 0 Å². The van der Waals surface area contributed by atoms with Gasteiger partial charge in [0, 0.05) is 0 Å². The van der Waals surface area contributed by atoms with Crippen LogP contribution in [0.25, 0.3) is 0 Å². The molecule has 0 spiro atoms. The van der Waals surface area contributed by atoms with Gasteiger partial charge in [0.15, 0.2) is 0 Å². The molecule has 0 radical (unpaired) electrons. The molecule has 0 N–H and O–H groups in total. The van der Waals surface area contributed by atoms with Crippen molar-refractivity contribution in [1.29, 1.82) is 0 Å². The maximum Gasteiger partial charge on any atom is 0.0684 e. The van der Waals surface area contributed by atoms with E-state index in [1.807, 2.05) is 0 Å². The first-order chi connectivity index (χ1) is 19.7. The molecule has 8 aliphatic carbocycles. The standard InChI is InChI=1S/C40H58O/c1-37-17-5-7-33(37)31-11-9-29-23-27(13-21-39(29,3)35(31)15-19-37)25-41-26-28-14-22-40(4)30(24-28)10-12-32-34-8-6-18-38(34,2)20-16-36(32)40/h9-10,23-24,31-36H,5-8,11-22,25-26H2,1-4H3/t31-,32-,33-,34-,35-,36-,37-,38-,39-,40-/m0/s1. The van der Waals surface area contributed by atoms with Gasteiger partial charge in [-0.2, -0.15) is 0 Å². The average molecular weight is 555 g/mol. The summed E-state index contributed by atoms with van der Waals surface area (Å²) in [5.41, 5.74) is 8.57. The molecule has 8 rings (SSSR count). The van der Waals surface area contributed by atoms with Crippen molar-refractivity contribution in [2.45, 2.75) is 130 Å². The number of hydrogen-bond donors (Lipinski definition) is 0. The zero-order valence-electron chi connectivity index (χ0n) is 26.9. The molecule has 4 fully saturated rings. The molecule has 41 heavy (non-hydrogen) atoms. The molecular formula is C40H58O. The quantitative estimate of drug-likeness (QED) is 0.336. The van der Waals surface area contributed by atoms with Crippen LogP contribution >= 0.6 is 0 Å². The van der Waals surface area contributed by atoms with Crippen LogP contribution in [0.1, 0.15) is 130 Å². The van der Waals surface area contributed by atoms with Gasteiger partial charge in [-0.25, -0.2) is 0 Å². The summed E-state index contributed by atoms with van der Waals surface area (Å²) in [4.78, 5) is 0. The molecule has 0 aromatic carbocycles. The minimum absolute atomic E-state index is 0.410. The van der Waals surface area contributed by atoms with E-state index in [1.54, 1.807) is 22.3 Å². The highest BCUT2D eigenvalue weighted by Gasteiger charge is 2.56. The average Bonchev–Trinajstić information content (AvgIpc) is 3.55. The van der Waals surface area contributed by atoms with Crippen molar-refractivity contribution >= 4 is 0 Å². The molecule has 1 heteroatoms. The summed E-state index contributed by atoms with van der Waals surface area (Å²) in [5, 5.41) is 0. The fourth-order valence-corrected chi connectivity index (χ4v) is 13.3. The lowest BCUT2D eigenvalue weighted by Crippen LogP contribution is -2.48. The lowest BCUT2D eigenvalue weighted by molar-refractivity contribution is -0.0192. The molecule has 0 bridgehead atoms. The molecular weight excluding hydrogens is 496 g/mol. The normalized spacial score (nSPS) is 50.1. The highest BCUT2D eigenvalue weighted by molar-refractivity contribution is 5.39. The Morgan fingerprint density at radius 1 is 0.585 bits per heavy atom. The van der Waals surface area contributed by atoms with Gasteiger partial charge < -0.3 is 4.74 Å². The van der Waals surface area contributed by atoms with E-state index in [-0.39, 0.29) is 0 Å². The second-order valence-electron chi connectivity index (χ2n) is 17.6. The Hall–Kier alpha value is -1.08. The molecule has 224 valence electrons. The van der Waals surface area contributed by atoms with Gasteiger partial charge in [-0.1, -0.05) is 64.8 Å². The number of rotatable bonds is 4. The Balaban J connectivity index is 0.918. The summed E-state index contributed by atoms with van der Waals surface area (Å²) in [6.45, 7) is 12.2. The SMILES string of the molecule is C[C@@]12CCC[C@H]1[C@@H]1CC=C3C=C(COCC4=CC5=CC[C@H]6[C@@H]7CCC[C@@]7(C)CC[C@@H]6[C@@]5(C)CC4)CC[C@]3(C)[C@H]1CC2. The summed E-state index contributed by atoms with van der Waals surface area (Å²) < 4.78 is 6.50. The van der Waals surface area contributed by atoms with Crippen LogP contribution in [0.15, 0.2) is 46.6 Å². The zero-order chi connectivity index (χ0) is 28.0. The Morgan fingerprint density at radius 2 is 1.05 bits per heavy atom. The third-order valence-corrected chi connectivity index (χ3v) is 15.8. The number of allylic oxidation sites excluding steroid dienone is 6. The van der Waals surface area contributed by atoms with E-state index in [4.69, 9.17) is 4.74 Å².